The highest BCUT2D eigenvalue weighted by atomic mass is 16.5. The summed E-state index contributed by atoms with van der Waals surface area (Å²) in [5, 5.41) is 0. The quantitative estimate of drug-likeness (QED) is 0.671. The summed E-state index contributed by atoms with van der Waals surface area (Å²) >= 11 is 0. The number of methoxy groups -OCH3 is 1. The Kier molecular flexibility index (Phi) is 3.97. The molecular weight excluding hydrogens is 244 g/mol. The van der Waals surface area contributed by atoms with Gasteiger partial charge in [0.1, 0.15) is 12.4 Å². The van der Waals surface area contributed by atoms with E-state index in [0.717, 1.165) is 5.56 Å². The van der Waals surface area contributed by atoms with Crippen molar-refractivity contribution in [1.29, 1.82) is 0 Å². The lowest BCUT2D eigenvalue weighted by Gasteiger charge is -2.08. The standard InChI is InChI=1S/C14H14N2O3/c1-18-11-2-3-13(15)12(8-11)14(17)19-9-10-4-6-16-7-5-10/h2-8H,9,15H2,1H3. The summed E-state index contributed by atoms with van der Waals surface area (Å²) in [6, 6.07) is 8.42. The predicted octanol–water partition coefficient (Wildman–Crippen LogP) is 2.03. The van der Waals surface area contributed by atoms with Crippen LogP contribution in [0.15, 0.2) is 42.7 Å². The maximum atomic E-state index is 11.9. The smallest absolute Gasteiger partial charge is 0.340 e. The molecule has 2 N–H and O–H groups in total. The Morgan fingerprint density at radius 1 is 1.26 bits per heavy atom. The first-order valence-electron chi connectivity index (χ1n) is 5.70. The minimum Gasteiger partial charge on any atom is -0.497 e. The number of esters is 1. The number of hydrogen-bond donors (Lipinski definition) is 1. The van der Waals surface area contributed by atoms with Crippen LogP contribution in [0.5, 0.6) is 5.75 Å². The molecule has 1 aromatic carbocycles. The van der Waals surface area contributed by atoms with Gasteiger partial charge in [0.2, 0.25) is 0 Å². The van der Waals surface area contributed by atoms with Crippen molar-refractivity contribution < 1.29 is 14.3 Å². The van der Waals surface area contributed by atoms with Crippen LogP contribution >= 0.6 is 0 Å². The van der Waals surface area contributed by atoms with Crippen molar-refractivity contribution in [3.05, 3.63) is 53.9 Å². The fraction of sp³-hybridized carbons (Fsp3) is 0.143. The van der Waals surface area contributed by atoms with Gasteiger partial charge in [0.15, 0.2) is 0 Å². The molecule has 98 valence electrons. The Morgan fingerprint density at radius 2 is 2.00 bits per heavy atom. The van der Waals surface area contributed by atoms with Crippen molar-refractivity contribution in [3.63, 3.8) is 0 Å². The van der Waals surface area contributed by atoms with Crippen LogP contribution in [0.1, 0.15) is 15.9 Å². The molecule has 0 aliphatic rings. The fourth-order valence-corrected chi connectivity index (χ4v) is 1.54. The highest BCUT2D eigenvalue weighted by molar-refractivity contribution is 5.95. The largest absolute Gasteiger partial charge is 0.497 e. The number of anilines is 1. The number of hydrogen-bond acceptors (Lipinski definition) is 5. The summed E-state index contributed by atoms with van der Waals surface area (Å²) in [6.07, 6.45) is 3.28. The third-order valence-corrected chi connectivity index (χ3v) is 2.60. The molecule has 19 heavy (non-hydrogen) atoms. The van der Waals surface area contributed by atoms with Crippen LogP contribution in [0, 0.1) is 0 Å². The van der Waals surface area contributed by atoms with E-state index >= 15 is 0 Å². The Bertz CT molecular complexity index is 570. The van der Waals surface area contributed by atoms with Crippen molar-refractivity contribution in [3.8, 4) is 5.75 Å². The molecule has 0 spiro atoms. The Morgan fingerprint density at radius 3 is 2.68 bits per heavy atom. The lowest BCUT2D eigenvalue weighted by molar-refractivity contribution is 0.0473. The van der Waals surface area contributed by atoms with E-state index in [1.165, 1.54) is 7.11 Å². The van der Waals surface area contributed by atoms with Crippen molar-refractivity contribution in [2.45, 2.75) is 6.61 Å². The van der Waals surface area contributed by atoms with Crippen LogP contribution in [0.4, 0.5) is 5.69 Å². The molecular formula is C14H14N2O3. The van der Waals surface area contributed by atoms with E-state index < -0.39 is 5.97 Å². The van der Waals surface area contributed by atoms with Gasteiger partial charge in [-0.25, -0.2) is 4.79 Å². The van der Waals surface area contributed by atoms with E-state index in [1.54, 1.807) is 42.7 Å². The third-order valence-electron chi connectivity index (χ3n) is 2.60. The topological polar surface area (TPSA) is 74.4 Å². The molecule has 2 aromatic rings. The van der Waals surface area contributed by atoms with E-state index in [9.17, 15) is 4.79 Å². The molecule has 5 heteroatoms. The monoisotopic (exact) mass is 258 g/mol. The van der Waals surface area contributed by atoms with Crippen LogP contribution in [-0.4, -0.2) is 18.1 Å². The summed E-state index contributed by atoms with van der Waals surface area (Å²) in [7, 11) is 1.53. The number of nitrogens with zero attached hydrogens (tertiary/aromatic N) is 1. The molecule has 5 nitrogen and oxygen atoms in total. The Balaban J connectivity index is 2.08. The summed E-state index contributed by atoms with van der Waals surface area (Å²) < 4.78 is 10.2. The fourth-order valence-electron chi connectivity index (χ4n) is 1.54. The van der Waals surface area contributed by atoms with Crippen LogP contribution in [0.25, 0.3) is 0 Å². The normalized spacial score (nSPS) is 9.95. The average Bonchev–Trinajstić information content (AvgIpc) is 2.46. The van der Waals surface area contributed by atoms with Gasteiger partial charge < -0.3 is 15.2 Å². The minimum atomic E-state index is -0.479. The maximum Gasteiger partial charge on any atom is 0.340 e. The van der Waals surface area contributed by atoms with E-state index in [2.05, 4.69) is 4.98 Å². The van der Waals surface area contributed by atoms with E-state index in [-0.39, 0.29) is 6.61 Å². The van der Waals surface area contributed by atoms with Crippen LogP contribution in [-0.2, 0) is 11.3 Å². The second-order valence-electron chi connectivity index (χ2n) is 3.88. The third kappa shape index (κ3) is 3.22. The van der Waals surface area contributed by atoms with Crippen molar-refractivity contribution in [2.24, 2.45) is 0 Å². The first kappa shape index (κ1) is 12.9. The zero-order chi connectivity index (χ0) is 13.7. The van der Waals surface area contributed by atoms with Gasteiger partial charge in [0.05, 0.1) is 12.7 Å². The van der Waals surface area contributed by atoms with Crippen LogP contribution in [0.3, 0.4) is 0 Å². The van der Waals surface area contributed by atoms with Crippen molar-refractivity contribution in [2.75, 3.05) is 12.8 Å². The number of nitrogen functional groups attached to an aromatic ring is 1. The number of aromatic nitrogens is 1. The number of pyridine rings is 1. The van der Waals surface area contributed by atoms with Crippen LogP contribution < -0.4 is 10.5 Å². The molecule has 0 aliphatic carbocycles. The number of carbonyl (C=O) groups is 1. The molecule has 0 bridgehead atoms. The highest BCUT2D eigenvalue weighted by Crippen LogP contribution is 2.20. The summed E-state index contributed by atoms with van der Waals surface area (Å²) in [5.41, 5.74) is 7.27. The molecule has 0 amide bonds. The maximum absolute atomic E-state index is 11.9. The molecule has 2 rings (SSSR count). The van der Waals surface area contributed by atoms with Gasteiger partial charge in [0.25, 0.3) is 0 Å². The number of nitrogens with two attached hydrogens (primary N) is 1. The SMILES string of the molecule is COc1ccc(N)c(C(=O)OCc2ccncc2)c1. The molecule has 0 atom stereocenters. The Hall–Kier alpha value is -2.56. The molecule has 1 aromatic heterocycles. The van der Waals surface area contributed by atoms with Gasteiger partial charge in [-0.3, -0.25) is 4.98 Å². The zero-order valence-electron chi connectivity index (χ0n) is 10.5. The van der Waals surface area contributed by atoms with Crippen LogP contribution in [0.2, 0.25) is 0 Å². The molecule has 0 saturated carbocycles. The van der Waals surface area contributed by atoms with Crippen molar-refractivity contribution in [1.82, 2.24) is 4.98 Å². The van der Waals surface area contributed by atoms with Gasteiger partial charge in [-0.15, -0.1) is 0 Å². The predicted molar refractivity (Wildman–Crippen MR) is 70.8 cm³/mol. The molecule has 1 heterocycles. The summed E-state index contributed by atoms with van der Waals surface area (Å²) in [6.45, 7) is 0.179. The van der Waals surface area contributed by atoms with Gasteiger partial charge in [-0.1, -0.05) is 0 Å². The first-order valence-corrected chi connectivity index (χ1v) is 5.70. The van der Waals surface area contributed by atoms with E-state index in [1.807, 2.05) is 0 Å². The second kappa shape index (κ2) is 5.86. The van der Waals surface area contributed by atoms with Gasteiger partial charge in [0, 0.05) is 18.1 Å². The van der Waals surface area contributed by atoms with E-state index in [0.29, 0.717) is 17.0 Å². The van der Waals surface area contributed by atoms with Gasteiger partial charge >= 0.3 is 5.97 Å². The number of rotatable bonds is 4. The molecule has 0 aliphatic heterocycles. The first-order chi connectivity index (χ1) is 9.20. The van der Waals surface area contributed by atoms with Gasteiger partial charge in [-0.2, -0.15) is 0 Å². The number of benzene rings is 1. The number of carbonyl (C=O) groups excluding carboxylic acids is 1. The average molecular weight is 258 g/mol. The molecule has 0 radical (unpaired) electrons. The molecule has 0 unspecified atom stereocenters. The molecule has 0 saturated heterocycles. The summed E-state index contributed by atoms with van der Waals surface area (Å²) in [4.78, 5) is 15.8. The second-order valence-corrected chi connectivity index (χ2v) is 3.88. The highest BCUT2D eigenvalue weighted by Gasteiger charge is 2.12. The van der Waals surface area contributed by atoms with E-state index in [4.69, 9.17) is 15.2 Å². The number of ether oxygens (including phenoxy) is 2. The zero-order valence-corrected chi connectivity index (χ0v) is 10.5. The lowest BCUT2D eigenvalue weighted by atomic mass is 10.1. The van der Waals surface area contributed by atoms with Gasteiger partial charge in [-0.05, 0) is 35.9 Å². The van der Waals surface area contributed by atoms with Crippen molar-refractivity contribution >= 4 is 11.7 Å². The minimum absolute atomic E-state index is 0.179. The Labute approximate surface area is 111 Å². The lowest BCUT2D eigenvalue weighted by Crippen LogP contribution is -2.08. The summed E-state index contributed by atoms with van der Waals surface area (Å²) in [5.74, 6) is 0.0817. The molecule has 0 fully saturated rings.